The van der Waals surface area contributed by atoms with Crippen molar-refractivity contribution in [2.24, 2.45) is 5.92 Å². The first-order valence-corrected chi connectivity index (χ1v) is 9.88. The Hall–Kier alpha value is -2.25. The average Bonchev–Trinajstić information content (AvgIpc) is 3.37. The van der Waals surface area contributed by atoms with Crippen LogP contribution in [0.4, 0.5) is 0 Å². The molecule has 1 unspecified atom stereocenters. The first-order chi connectivity index (χ1) is 12.6. The molecule has 1 amide bonds. The number of benzene rings is 1. The maximum Gasteiger partial charge on any atom is 0.272 e. The predicted molar refractivity (Wildman–Crippen MR) is 102 cm³/mol. The molecule has 1 saturated heterocycles. The smallest absolute Gasteiger partial charge is 0.272 e. The molecule has 134 valence electrons. The number of hydrogen-bond donors (Lipinski definition) is 2. The lowest BCUT2D eigenvalue weighted by Crippen LogP contribution is -2.44. The van der Waals surface area contributed by atoms with Gasteiger partial charge in [-0.1, -0.05) is 6.07 Å². The zero-order valence-corrected chi connectivity index (χ0v) is 15.6. The Morgan fingerprint density at radius 1 is 1.38 bits per heavy atom. The van der Waals surface area contributed by atoms with Crippen LogP contribution in [0.25, 0.3) is 21.5 Å². The van der Waals surface area contributed by atoms with E-state index in [1.807, 2.05) is 30.5 Å². The number of aryl methyl sites for hydroxylation is 1. The molecule has 2 aromatic heterocycles. The van der Waals surface area contributed by atoms with Crippen molar-refractivity contribution in [3.63, 3.8) is 0 Å². The second kappa shape index (κ2) is 5.89. The van der Waals surface area contributed by atoms with E-state index >= 15 is 0 Å². The number of hydrogen-bond acceptors (Lipinski definition) is 5. The number of piperidine rings is 1. The molecule has 1 aliphatic heterocycles. The number of carbonyl (C=O) groups is 1. The number of aromatic nitrogens is 3. The summed E-state index contributed by atoms with van der Waals surface area (Å²) in [5.41, 5.74) is 3.42. The van der Waals surface area contributed by atoms with E-state index in [1.165, 1.54) is 6.42 Å². The average molecular weight is 367 g/mol. The summed E-state index contributed by atoms with van der Waals surface area (Å²) in [4.78, 5) is 19.7. The van der Waals surface area contributed by atoms with Crippen LogP contribution >= 0.6 is 11.3 Å². The Morgan fingerprint density at radius 2 is 2.27 bits per heavy atom. The summed E-state index contributed by atoms with van der Waals surface area (Å²) in [5, 5.41) is 14.4. The highest BCUT2D eigenvalue weighted by molar-refractivity contribution is 7.13. The number of rotatable bonds is 3. The van der Waals surface area contributed by atoms with Crippen LogP contribution in [-0.2, 0) is 0 Å². The molecule has 0 spiro atoms. The Morgan fingerprint density at radius 3 is 2.96 bits per heavy atom. The molecule has 3 atom stereocenters. The molecule has 5 rings (SSSR count). The number of fused-ring (bicyclic) bond motifs is 3. The van der Waals surface area contributed by atoms with Crippen LogP contribution in [0, 0.1) is 12.8 Å². The lowest BCUT2D eigenvalue weighted by molar-refractivity contribution is 0.0909. The van der Waals surface area contributed by atoms with Crippen LogP contribution in [0.3, 0.4) is 0 Å². The van der Waals surface area contributed by atoms with Crippen LogP contribution in [0.1, 0.15) is 29.0 Å². The molecular weight excluding hydrogens is 346 g/mol. The van der Waals surface area contributed by atoms with Gasteiger partial charge < -0.3 is 10.2 Å². The van der Waals surface area contributed by atoms with Crippen molar-refractivity contribution in [1.82, 2.24) is 25.4 Å². The summed E-state index contributed by atoms with van der Waals surface area (Å²) < 4.78 is 0. The topological polar surface area (TPSA) is 73.9 Å². The third kappa shape index (κ3) is 2.54. The van der Waals surface area contributed by atoms with Gasteiger partial charge in [0.25, 0.3) is 5.91 Å². The Labute approximate surface area is 155 Å². The second-order valence-corrected chi connectivity index (χ2v) is 8.39. The van der Waals surface area contributed by atoms with E-state index < -0.39 is 0 Å². The van der Waals surface area contributed by atoms with Crippen LogP contribution in [0.15, 0.2) is 23.6 Å². The van der Waals surface area contributed by atoms with E-state index in [-0.39, 0.29) is 11.9 Å². The number of carbonyl (C=O) groups excluding carboxylic acids is 1. The van der Waals surface area contributed by atoms with Crippen molar-refractivity contribution in [3.8, 4) is 10.6 Å². The van der Waals surface area contributed by atoms with Gasteiger partial charge >= 0.3 is 0 Å². The van der Waals surface area contributed by atoms with Crippen molar-refractivity contribution in [3.05, 3.63) is 35.0 Å². The van der Waals surface area contributed by atoms with Gasteiger partial charge in [0.2, 0.25) is 0 Å². The Bertz CT molecular complexity index is 991. The van der Waals surface area contributed by atoms with Gasteiger partial charge in [0, 0.05) is 40.7 Å². The van der Waals surface area contributed by atoms with Crippen molar-refractivity contribution in [2.45, 2.75) is 31.8 Å². The normalized spacial score (nSPS) is 25.2. The number of nitrogens with zero attached hydrogens (tertiary/aromatic N) is 3. The number of aromatic amines is 1. The molecule has 2 N–H and O–H groups in total. The summed E-state index contributed by atoms with van der Waals surface area (Å²) in [6, 6.07) is 6.89. The van der Waals surface area contributed by atoms with E-state index in [9.17, 15) is 4.79 Å². The fraction of sp³-hybridized carbons (Fsp3) is 0.421. The molecule has 0 radical (unpaired) electrons. The van der Waals surface area contributed by atoms with Crippen molar-refractivity contribution in [1.29, 1.82) is 0 Å². The van der Waals surface area contributed by atoms with Gasteiger partial charge in [-0.25, -0.2) is 4.98 Å². The SMILES string of the molecule is Cc1csc(-c2ccc3c(C(=O)N[C@H]4CC5C[C@H]4CN5C)n[nH]c3c2)n1. The van der Waals surface area contributed by atoms with Gasteiger partial charge in [-0.15, -0.1) is 11.3 Å². The fourth-order valence-corrected chi connectivity index (χ4v) is 5.20. The molecule has 1 aromatic carbocycles. The molecule has 6 nitrogen and oxygen atoms in total. The first kappa shape index (κ1) is 16.0. The van der Waals surface area contributed by atoms with Crippen molar-refractivity contribution >= 4 is 28.1 Å². The van der Waals surface area contributed by atoms with Gasteiger partial charge in [-0.3, -0.25) is 9.89 Å². The molecule has 3 heterocycles. The number of thiazole rings is 1. The monoisotopic (exact) mass is 367 g/mol. The van der Waals surface area contributed by atoms with E-state index in [2.05, 4.69) is 32.4 Å². The van der Waals surface area contributed by atoms with Crippen LogP contribution in [-0.4, -0.2) is 51.7 Å². The van der Waals surface area contributed by atoms with Crippen LogP contribution in [0.2, 0.25) is 0 Å². The highest BCUT2D eigenvalue weighted by Gasteiger charge is 2.43. The first-order valence-electron chi connectivity index (χ1n) is 9.00. The molecule has 2 bridgehead atoms. The number of amides is 1. The molecule has 2 fully saturated rings. The standard InChI is InChI=1S/C19H21N5OS/c1-10-9-26-19(20-10)11-3-4-14-16(6-11)22-23-17(14)18(25)21-15-7-13-5-12(15)8-24(13)2/h3-4,6,9,12-13,15H,5,7-8H2,1-2H3,(H,21,25)(H,22,23)/t12-,13?,15-/m0/s1. The van der Waals surface area contributed by atoms with Crippen LogP contribution < -0.4 is 5.32 Å². The zero-order valence-electron chi connectivity index (χ0n) is 14.8. The second-order valence-electron chi connectivity index (χ2n) is 7.53. The summed E-state index contributed by atoms with van der Waals surface area (Å²) >= 11 is 1.62. The quantitative estimate of drug-likeness (QED) is 0.747. The third-order valence-electron chi connectivity index (χ3n) is 5.78. The molecule has 26 heavy (non-hydrogen) atoms. The third-order valence-corrected chi connectivity index (χ3v) is 6.79. The largest absolute Gasteiger partial charge is 0.348 e. The minimum Gasteiger partial charge on any atom is -0.348 e. The molecule has 1 saturated carbocycles. The molecule has 1 aliphatic carbocycles. The maximum atomic E-state index is 12.8. The molecule has 2 aliphatic rings. The van der Waals surface area contributed by atoms with Gasteiger partial charge in [-0.2, -0.15) is 5.10 Å². The number of H-pyrrole nitrogens is 1. The van der Waals surface area contributed by atoms with Gasteiger partial charge in [-0.05, 0) is 44.9 Å². The molecular formula is C19H21N5OS. The van der Waals surface area contributed by atoms with Gasteiger partial charge in [0.05, 0.1) is 5.52 Å². The molecule has 3 aromatic rings. The number of nitrogens with one attached hydrogen (secondary N) is 2. The summed E-state index contributed by atoms with van der Waals surface area (Å²) in [6.07, 6.45) is 2.24. The highest BCUT2D eigenvalue weighted by Crippen LogP contribution is 2.37. The summed E-state index contributed by atoms with van der Waals surface area (Å²) in [7, 11) is 2.17. The lowest BCUT2D eigenvalue weighted by Gasteiger charge is -2.28. The lowest BCUT2D eigenvalue weighted by atomic mass is 10.0. The van der Waals surface area contributed by atoms with E-state index in [0.717, 1.165) is 40.1 Å². The fourth-order valence-electron chi connectivity index (χ4n) is 4.40. The Kier molecular flexibility index (Phi) is 3.62. The van der Waals surface area contributed by atoms with E-state index in [4.69, 9.17) is 0 Å². The maximum absolute atomic E-state index is 12.8. The van der Waals surface area contributed by atoms with E-state index in [1.54, 1.807) is 11.3 Å². The summed E-state index contributed by atoms with van der Waals surface area (Å²) in [6.45, 7) is 3.07. The van der Waals surface area contributed by atoms with Crippen molar-refractivity contribution in [2.75, 3.05) is 13.6 Å². The van der Waals surface area contributed by atoms with E-state index in [0.29, 0.717) is 17.7 Å². The van der Waals surface area contributed by atoms with Crippen molar-refractivity contribution < 1.29 is 4.79 Å². The minimum absolute atomic E-state index is 0.0747. The zero-order chi connectivity index (χ0) is 17.8. The van der Waals surface area contributed by atoms with Gasteiger partial charge in [0.1, 0.15) is 5.01 Å². The minimum atomic E-state index is -0.0747. The van der Waals surface area contributed by atoms with Gasteiger partial charge in [0.15, 0.2) is 5.69 Å². The predicted octanol–water partition coefficient (Wildman–Crippen LogP) is 2.82. The highest BCUT2D eigenvalue weighted by atomic mass is 32.1. The van der Waals surface area contributed by atoms with Crippen LogP contribution in [0.5, 0.6) is 0 Å². The number of likely N-dealkylation sites (tertiary alicyclic amines) is 1. The molecule has 7 heteroatoms. The summed E-state index contributed by atoms with van der Waals surface area (Å²) in [5.74, 6) is 0.494. The Balaban J connectivity index is 1.38.